The highest BCUT2D eigenvalue weighted by Gasteiger charge is 2.06. The summed E-state index contributed by atoms with van der Waals surface area (Å²) in [5, 5.41) is 6.48. The minimum atomic E-state index is 0. The van der Waals surface area contributed by atoms with Gasteiger partial charge in [0.1, 0.15) is 0 Å². The first-order valence-corrected chi connectivity index (χ1v) is 8.10. The van der Waals surface area contributed by atoms with E-state index in [2.05, 4.69) is 15.6 Å². The van der Waals surface area contributed by atoms with Crippen LogP contribution in [0.4, 0.5) is 5.69 Å². The van der Waals surface area contributed by atoms with Crippen molar-refractivity contribution in [2.45, 2.75) is 13.3 Å². The van der Waals surface area contributed by atoms with Crippen LogP contribution < -0.4 is 20.1 Å². The first-order chi connectivity index (χ1) is 11.7. The Morgan fingerprint density at radius 2 is 1.92 bits per heavy atom. The van der Waals surface area contributed by atoms with E-state index in [1.807, 2.05) is 25.1 Å². The monoisotopic (exact) mass is 467 g/mol. The molecule has 0 aliphatic carbocycles. The average molecular weight is 467 g/mol. The molecule has 0 fully saturated rings. The van der Waals surface area contributed by atoms with Gasteiger partial charge in [-0.15, -0.1) is 24.0 Å². The fourth-order valence-corrected chi connectivity index (χ4v) is 1.96. The van der Waals surface area contributed by atoms with Crippen LogP contribution in [0.1, 0.15) is 13.3 Å². The summed E-state index contributed by atoms with van der Waals surface area (Å²) in [5.41, 5.74) is 0.878. The second-order valence-corrected chi connectivity index (χ2v) is 4.88. The molecule has 0 aromatic heterocycles. The molecule has 1 aromatic rings. The fraction of sp³-hybridized carbons (Fsp3) is 0.588. The predicted molar refractivity (Wildman–Crippen MR) is 112 cm³/mol. The van der Waals surface area contributed by atoms with E-state index in [-0.39, 0.29) is 24.0 Å². The first-order valence-electron chi connectivity index (χ1n) is 8.10. The third-order valence-corrected chi connectivity index (χ3v) is 3.14. The number of halogens is 1. The summed E-state index contributed by atoms with van der Waals surface area (Å²) in [5.74, 6) is 2.10. The summed E-state index contributed by atoms with van der Waals surface area (Å²) >= 11 is 0. The van der Waals surface area contributed by atoms with Gasteiger partial charge < -0.3 is 29.6 Å². The van der Waals surface area contributed by atoms with E-state index in [1.165, 1.54) is 0 Å². The van der Waals surface area contributed by atoms with Crippen LogP contribution in [0, 0.1) is 0 Å². The van der Waals surface area contributed by atoms with Gasteiger partial charge in [0.05, 0.1) is 26.9 Å². The minimum absolute atomic E-state index is 0. The van der Waals surface area contributed by atoms with Crippen LogP contribution in [0.25, 0.3) is 0 Å². The lowest BCUT2D eigenvalue weighted by Gasteiger charge is -2.14. The van der Waals surface area contributed by atoms with Crippen molar-refractivity contribution in [2.24, 2.45) is 4.99 Å². The number of ether oxygens (including phenoxy) is 4. The summed E-state index contributed by atoms with van der Waals surface area (Å²) in [4.78, 5) is 4.21. The Hall–Kier alpha value is -1.26. The highest BCUT2D eigenvalue weighted by Crippen LogP contribution is 2.30. The van der Waals surface area contributed by atoms with E-state index in [4.69, 9.17) is 18.9 Å². The van der Waals surface area contributed by atoms with Gasteiger partial charge in [0.15, 0.2) is 17.5 Å². The van der Waals surface area contributed by atoms with Gasteiger partial charge in [-0.2, -0.15) is 0 Å². The Kier molecular flexibility index (Phi) is 14.3. The molecule has 144 valence electrons. The van der Waals surface area contributed by atoms with E-state index >= 15 is 0 Å². The topological polar surface area (TPSA) is 73.3 Å². The number of hydrogen-bond donors (Lipinski definition) is 2. The number of aliphatic imine (C=N–C) groups is 1. The number of nitrogens with one attached hydrogen (secondary N) is 2. The average Bonchev–Trinajstić information content (AvgIpc) is 2.60. The lowest BCUT2D eigenvalue weighted by Crippen LogP contribution is -2.32. The minimum Gasteiger partial charge on any atom is -0.493 e. The maximum Gasteiger partial charge on any atom is 0.195 e. The van der Waals surface area contributed by atoms with Gasteiger partial charge >= 0.3 is 0 Å². The maximum atomic E-state index is 5.58. The Bertz CT molecular complexity index is 501. The molecule has 7 nitrogen and oxygen atoms in total. The molecule has 0 saturated carbocycles. The van der Waals surface area contributed by atoms with E-state index in [0.29, 0.717) is 43.9 Å². The maximum absolute atomic E-state index is 5.58. The molecular weight excluding hydrogens is 437 g/mol. The number of rotatable bonds is 11. The largest absolute Gasteiger partial charge is 0.493 e. The van der Waals surface area contributed by atoms with Gasteiger partial charge in [-0.05, 0) is 25.5 Å². The number of hydrogen-bond acceptors (Lipinski definition) is 5. The summed E-state index contributed by atoms with van der Waals surface area (Å²) < 4.78 is 21.2. The number of guanidine groups is 1. The molecule has 0 heterocycles. The highest BCUT2D eigenvalue weighted by atomic mass is 127. The van der Waals surface area contributed by atoms with Crippen molar-refractivity contribution < 1.29 is 18.9 Å². The van der Waals surface area contributed by atoms with E-state index < -0.39 is 0 Å². The van der Waals surface area contributed by atoms with E-state index in [1.54, 1.807) is 21.3 Å². The standard InChI is InChI=1S/C17H29N3O4.HI/c1-5-24-16-13-14(7-8-15(16)22-4)20-17(18-2)19-9-6-10-23-12-11-21-3;/h7-8,13H,5-6,9-12H2,1-4H3,(H2,18,19,20);1H. The molecule has 0 radical (unpaired) electrons. The first kappa shape index (κ1) is 23.7. The predicted octanol–water partition coefficient (Wildman–Crippen LogP) is 2.75. The Morgan fingerprint density at radius 3 is 2.56 bits per heavy atom. The second-order valence-electron chi connectivity index (χ2n) is 4.88. The van der Waals surface area contributed by atoms with Crippen molar-refractivity contribution in [3.05, 3.63) is 18.2 Å². The molecule has 0 aliphatic heterocycles. The molecule has 25 heavy (non-hydrogen) atoms. The zero-order valence-corrected chi connectivity index (χ0v) is 17.8. The smallest absolute Gasteiger partial charge is 0.195 e. The van der Waals surface area contributed by atoms with Gasteiger partial charge in [-0.1, -0.05) is 0 Å². The van der Waals surface area contributed by atoms with Gasteiger partial charge in [0.2, 0.25) is 0 Å². The molecule has 1 rings (SSSR count). The van der Waals surface area contributed by atoms with Crippen LogP contribution in [0.3, 0.4) is 0 Å². The molecule has 0 atom stereocenters. The quantitative estimate of drug-likeness (QED) is 0.226. The van der Waals surface area contributed by atoms with Gasteiger partial charge in [0, 0.05) is 39.1 Å². The Balaban J connectivity index is 0.00000576. The van der Waals surface area contributed by atoms with Crippen LogP contribution in [0.2, 0.25) is 0 Å². The Labute approximate surface area is 167 Å². The van der Waals surface area contributed by atoms with Gasteiger partial charge in [-0.3, -0.25) is 4.99 Å². The zero-order valence-electron chi connectivity index (χ0n) is 15.5. The normalized spacial score (nSPS) is 10.8. The third-order valence-electron chi connectivity index (χ3n) is 3.14. The van der Waals surface area contributed by atoms with Crippen molar-refractivity contribution in [3.8, 4) is 11.5 Å². The Morgan fingerprint density at radius 1 is 1.12 bits per heavy atom. The molecule has 0 saturated heterocycles. The summed E-state index contributed by atoms with van der Waals surface area (Å²) in [6.45, 7) is 5.21. The number of methoxy groups -OCH3 is 2. The fourth-order valence-electron chi connectivity index (χ4n) is 1.96. The van der Waals surface area contributed by atoms with Gasteiger partial charge in [0.25, 0.3) is 0 Å². The molecule has 0 unspecified atom stereocenters. The van der Waals surface area contributed by atoms with Crippen LogP contribution in [-0.4, -0.2) is 60.2 Å². The molecule has 0 aliphatic rings. The van der Waals surface area contributed by atoms with E-state index in [9.17, 15) is 0 Å². The van der Waals surface area contributed by atoms with Crippen molar-refractivity contribution in [2.75, 3.05) is 59.6 Å². The second kappa shape index (κ2) is 15.0. The van der Waals surface area contributed by atoms with Crippen LogP contribution >= 0.6 is 24.0 Å². The SMILES string of the molecule is CCOc1cc(NC(=NC)NCCCOCCOC)ccc1OC.I. The zero-order chi connectivity index (χ0) is 17.6. The van der Waals surface area contributed by atoms with E-state index in [0.717, 1.165) is 18.7 Å². The molecular formula is C17H30IN3O4. The third kappa shape index (κ3) is 9.71. The summed E-state index contributed by atoms with van der Waals surface area (Å²) in [7, 11) is 5.02. The molecule has 8 heteroatoms. The van der Waals surface area contributed by atoms with Gasteiger partial charge in [-0.25, -0.2) is 0 Å². The summed E-state index contributed by atoms with van der Waals surface area (Å²) in [6.07, 6.45) is 0.886. The van der Waals surface area contributed by atoms with Crippen molar-refractivity contribution >= 4 is 35.6 Å². The molecule has 0 spiro atoms. The molecule has 0 bridgehead atoms. The lowest BCUT2D eigenvalue weighted by molar-refractivity contribution is 0.0699. The number of anilines is 1. The van der Waals surface area contributed by atoms with Crippen LogP contribution in [0.15, 0.2) is 23.2 Å². The summed E-state index contributed by atoms with van der Waals surface area (Å²) in [6, 6.07) is 5.68. The van der Waals surface area contributed by atoms with Crippen molar-refractivity contribution in [1.29, 1.82) is 0 Å². The number of nitrogens with zero attached hydrogens (tertiary/aromatic N) is 1. The van der Waals surface area contributed by atoms with Crippen molar-refractivity contribution in [3.63, 3.8) is 0 Å². The van der Waals surface area contributed by atoms with Crippen molar-refractivity contribution in [1.82, 2.24) is 5.32 Å². The van der Waals surface area contributed by atoms with Crippen LogP contribution in [-0.2, 0) is 9.47 Å². The number of benzene rings is 1. The molecule has 1 aromatic carbocycles. The molecule has 0 amide bonds. The lowest BCUT2D eigenvalue weighted by atomic mass is 10.2. The highest BCUT2D eigenvalue weighted by molar-refractivity contribution is 14.0. The molecule has 2 N–H and O–H groups in total. The van der Waals surface area contributed by atoms with Crippen LogP contribution in [0.5, 0.6) is 11.5 Å².